The van der Waals surface area contributed by atoms with Gasteiger partial charge in [0.1, 0.15) is 23.5 Å². The van der Waals surface area contributed by atoms with Crippen molar-refractivity contribution in [3.8, 4) is 5.75 Å². The summed E-state index contributed by atoms with van der Waals surface area (Å²) in [6.45, 7) is 6.34. The van der Waals surface area contributed by atoms with Crippen LogP contribution in [0.3, 0.4) is 0 Å². The molecule has 1 aromatic heterocycles. The molecule has 4 aliphatic heterocycles. The first-order valence-electron chi connectivity index (χ1n) is 13.9. The van der Waals surface area contributed by atoms with Gasteiger partial charge >= 0.3 is 5.96 Å². The number of carbonyl (C=O) groups is 2. The Morgan fingerprint density at radius 3 is 2.76 bits per heavy atom. The van der Waals surface area contributed by atoms with Crippen molar-refractivity contribution >= 4 is 23.7 Å². The minimum atomic E-state index is -2.59. The Balaban J connectivity index is 1.27. The number of fused-ring (bicyclic) bond motifs is 1. The molecule has 42 heavy (non-hydrogen) atoms. The quantitative estimate of drug-likeness (QED) is 0.166. The number of rotatable bonds is 5. The van der Waals surface area contributed by atoms with E-state index in [1.807, 2.05) is 6.07 Å². The zero-order valence-corrected chi connectivity index (χ0v) is 23.6. The maximum absolute atomic E-state index is 13.6. The molecule has 2 amide bonds. The molecule has 1 fully saturated rings. The number of pyridine rings is 1. The Morgan fingerprint density at radius 2 is 2.00 bits per heavy atom. The van der Waals surface area contributed by atoms with Gasteiger partial charge in [0, 0.05) is 18.3 Å². The average Bonchev–Trinajstić information content (AvgIpc) is 3.41. The number of nitrogens with one attached hydrogen (secondary N) is 4. The number of ether oxygens (including phenoxy) is 1. The van der Waals surface area contributed by atoms with Gasteiger partial charge in [0.05, 0.1) is 18.7 Å². The molecular formula is C28H36N9O5+. The summed E-state index contributed by atoms with van der Waals surface area (Å²) in [5, 5.41) is 32.1. The Morgan fingerprint density at radius 1 is 1.21 bits per heavy atom. The van der Waals surface area contributed by atoms with Crippen LogP contribution in [-0.2, 0) is 5.41 Å². The van der Waals surface area contributed by atoms with Gasteiger partial charge in [-0.25, -0.2) is 10.3 Å². The van der Waals surface area contributed by atoms with Crippen LogP contribution in [0.5, 0.6) is 5.75 Å². The van der Waals surface area contributed by atoms with E-state index in [1.54, 1.807) is 31.2 Å². The third kappa shape index (κ3) is 4.04. The molecule has 14 nitrogen and oxygen atoms in total. The van der Waals surface area contributed by atoms with Crippen molar-refractivity contribution in [3.63, 3.8) is 0 Å². The minimum absolute atomic E-state index is 0.00471. The molecule has 1 spiro atoms. The molecule has 0 radical (unpaired) electrons. The number of hydrogen-bond acceptors (Lipinski definition) is 11. The van der Waals surface area contributed by atoms with Crippen molar-refractivity contribution in [1.29, 1.82) is 0 Å². The number of aryl methyl sites for hydroxylation is 1. The SMILES string of the molecule is Cc1cccnc1C(=O)NC[C@@H]1N=C(N)N2CC(NC(=O)c3cccc4c3OCCC4(C)C)C(O)(O)[C@@]23NC(N)=[NH+][C@@H]13. The fourth-order valence-corrected chi connectivity index (χ4v) is 6.53. The number of amides is 2. The van der Waals surface area contributed by atoms with E-state index in [0.29, 0.717) is 23.5 Å². The monoisotopic (exact) mass is 578 g/mol. The van der Waals surface area contributed by atoms with E-state index in [4.69, 9.17) is 16.2 Å². The molecule has 222 valence electrons. The molecule has 6 rings (SSSR count). The predicted octanol–water partition coefficient (Wildman–Crippen LogP) is -3.26. The highest BCUT2D eigenvalue weighted by Gasteiger charge is 2.76. The molecule has 0 bridgehead atoms. The van der Waals surface area contributed by atoms with Crippen molar-refractivity contribution in [1.82, 2.24) is 25.8 Å². The zero-order chi connectivity index (χ0) is 30.0. The largest absolute Gasteiger partial charge is 0.492 e. The number of para-hydroxylation sites is 1. The maximum atomic E-state index is 13.6. The second-order valence-electron chi connectivity index (χ2n) is 11.9. The summed E-state index contributed by atoms with van der Waals surface area (Å²) in [6, 6.07) is 6.07. The Bertz CT molecular complexity index is 1520. The fraction of sp³-hybridized carbons (Fsp3) is 0.464. The first-order valence-corrected chi connectivity index (χ1v) is 13.9. The minimum Gasteiger partial charge on any atom is -0.492 e. The number of carbonyl (C=O) groups excluding carboxylic acids is 2. The van der Waals surface area contributed by atoms with Crippen LogP contribution >= 0.6 is 0 Å². The smallest absolute Gasteiger partial charge is 0.343 e. The van der Waals surface area contributed by atoms with Crippen LogP contribution in [0.4, 0.5) is 0 Å². The number of nitrogens with zero attached hydrogens (tertiary/aromatic N) is 3. The number of hydrogen-bond donors (Lipinski definition) is 8. The van der Waals surface area contributed by atoms with E-state index in [0.717, 1.165) is 12.0 Å². The lowest BCUT2D eigenvalue weighted by atomic mass is 9.79. The molecule has 4 aliphatic rings. The highest BCUT2D eigenvalue weighted by molar-refractivity contribution is 5.98. The van der Waals surface area contributed by atoms with Gasteiger partial charge in [0.15, 0.2) is 12.0 Å². The van der Waals surface area contributed by atoms with Crippen molar-refractivity contribution in [2.24, 2.45) is 16.5 Å². The summed E-state index contributed by atoms with van der Waals surface area (Å²) in [7, 11) is 0. The van der Waals surface area contributed by atoms with E-state index >= 15 is 0 Å². The lowest BCUT2D eigenvalue weighted by Crippen LogP contribution is -2.90. The van der Waals surface area contributed by atoms with Gasteiger partial charge in [-0.15, -0.1) is 0 Å². The topological polar surface area (TPSA) is 214 Å². The summed E-state index contributed by atoms with van der Waals surface area (Å²) in [5.41, 5.74) is 12.8. The summed E-state index contributed by atoms with van der Waals surface area (Å²) in [6.07, 6.45) is 2.34. The average molecular weight is 579 g/mol. The van der Waals surface area contributed by atoms with Crippen LogP contribution in [0, 0.1) is 6.92 Å². The highest BCUT2D eigenvalue weighted by atomic mass is 16.5. The molecule has 0 saturated carbocycles. The number of aliphatic imine (C=N–C) groups is 1. The Kier molecular flexibility index (Phi) is 6.31. The van der Waals surface area contributed by atoms with Crippen LogP contribution in [-0.4, -0.2) is 93.1 Å². The molecular weight excluding hydrogens is 542 g/mol. The van der Waals surface area contributed by atoms with Crippen molar-refractivity contribution < 1.29 is 29.5 Å². The van der Waals surface area contributed by atoms with Crippen LogP contribution in [0.25, 0.3) is 0 Å². The molecule has 1 saturated heterocycles. The highest BCUT2D eigenvalue weighted by Crippen LogP contribution is 2.43. The second-order valence-corrected chi connectivity index (χ2v) is 11.9. The molecule has 14 heteroatoms. The van der Waals surface area contributed by atoms with Gasteiger partial charge in [0.25, 0.3) is 17.5 Å². The van der Waals surface area contributed by atoms with Gasteiger partial charge in [-0.05, 0) is 36.5 Å². The van der Waals surface area contributed by atoms with E-state index in [9.17, 15) is 19.8 Å². The lowest BCUT2D eigenvalue weighted by molar-refractivity contribution is -0.521. The maximum Gasteiger partial charge on any atom is 0.343 e. The van der Waals surface area contributed by atoms with Crippen LogP contribution in [0.1, 0.15) is 52.2 Å². The van der Waals surface area contributed by atoms with Crippen LogP contribution in [0.15, 0.2) is 41.5 Å². The van der Waals surface area contributed by atoms with E-state index < -0.39 is 41.4 Å². The number of guanidine groups is 2. The summed E-state index contributed by atoms with van der Waals surface area (Å²) >= 11 is 0. The van der Waals surface area contributed by atoms with Gasteiger partial charge in [-0.3, -0.25) is 30.2 Å². The molecule has 10 N–H and O–H groups in total. The van der Waals surface area contributed by atoms with Gasteiger partial charge in [-0.2, -0.15) is 0 Å². The van der Waals surface area contributed by atoms with Gasteiger partial charge in [0.2, 0.25) is 5.79 Å². The number of benzene rings is 1. The summed E-state index contributed by atoms with van der Waals surface area (Å²) in [4.78, 5) is 39.7. The fourth-order valence-electron chi connectivity index (χ4n) is 6.53. The van der Waals surface area contributed by atoms with E-state index in [2.05, 4.69) is 44.8 Å². The third-order valence-electron chi connectivity index (χ3n) is 8.85. The normalized spacial score (nSPS) is 28.2. The zero-order valence-electron chi connectivity index (χ0n) is 23.6. The Hall–Kier alpha value is -4.43. The van der Waals surface area contributed by atoms with Gasteiger partial charge in [-0.1, -0.05) is 32.0 Å². The lowest BCUT2D eigenvalue weighted by Gasteiger charge is -2.46. The predicted molar refractivity (Wildman–Crippen MR) is 151 cm³/mol. The first kappa shape index (κ1) is 27.7. The number of aliphatic hydroxyl groups is 2. The van der Waals surface area contributed by atoms with Crippen molar-refractivity contribution in [3.05, 3.63) is 58.9 Å². The molecule has 2 aromatic rings. The second kappa shape index (κ2) is 9.56. The summed E-state index contributed by atoms with van der Waals surface area (Å²) < 4.78 is 5.90. The van der Waals surface area contributed by atoms with Crippen molar-refractivity contribution in [2.45, 2.75) is 62.2 Å². The molecule has 4 atom stereocenters. The first-order chi connectivity index (χ1) is 19.9. The molecule has 0 aliphatic carbocycles. The molecule has 1 aromatic carbocycles. The summed E-state index contributed by atoms with van der Waals surface area (Å²) in [5.74, 6) is -2.97. The Labute approximate surface area is 242 Å². The molecule has 1 unspecified atom stereocenters. The van der Waals surface area contributed by atoms with Crippen LogP contribution < -0.4 is 37.1 Å². The van der Waals surface area contributed by atoms with E-state index in [1.165, 1.54) is 11.1 Å². The van der Waals surface area contributed by atoms with Crippen molar-refractivity contribution in [2.75, 3.05) is 19.7 Å². The molecule has 5 heterocycles. The van der Waals surface area contributed by atoms with Gasteiger partial charge < -0.3 is 31.3 Å². The standard InChI is InChI=1S/C28H35N9O5/c1-14-6-5-10-31-19(14)23(39)32-12-17-21-27(36-24(29)35-21)28(40,41)18(13-37(27)25(30)33-17)34-22(38)15-7-4-8-16-20(15)42-11-9-26(16,2)3/h4-8,10,17-18,21,40-41H,9,11-13H2,1-3H3,(H2,30,33)(H,32,39)(H,34,38)(H3,29,35,36)/p+1/t17-,18?,21-,27-/m0/s1. The number of nitrogens with two attached hydrogens (primary N) is 2. The van der Waals surface area contributed by atoms with E-state index in [-0.39, 0.29) is 36.1 Å². The van der Waals surface area contributed by atoms with Crippen LogP contribution in [0.2, 0.25) is 0 Å². The number of aromatic nitrogens is 1. The third-order valence-corrected chi connectivity index (χ3v) is 8.85.